The van der Waals surface area contributed by atoms with Crippen LogP contribution in [0.15, 0.2) is 36.4 Å². The SMILES string of the molecule is CCCC[N+](CCC)(CCC#CC(=O)OCC[N+](CC)(CC)CC)CCOC(=O)/C=C/c1ccccc1. The van der Waals surface area contributed by atoms with Crippen molar-refractivity contribution in [2.75, 3.05) is 65.6 Å². The minimum Gasteiger partial charge on any atom is -0.457 e. The fourth-order valence-corrected chi connectivity index (χ4v) is 4.70. The van der Waals surface area contributed by atoms with Gasteiger partial charge in [-0.15, -0.1) is 0 Å². The average molecular weight is 515 g/mol. The molecule has 0 bridgehead atoms. The first-order chi connectivity index (χ1) is 17.9. The van der Waals surface area contributed by atoms with Crippen molar-refractivity contribution >= 4 is 18.0 Å². The Balaban J connectivity index is 2.62. The number of hydrogen-bond donors (Lipinski definition) is 0. The number of nitrogens with zero attached hydrogens (tertiary/aromatic N) is 2. The normalized spacial score (nSPS) is 13.0. The van der Waals surface area contributed by atoms with Crippen LogP contribution in [0.4, 0.5) is 0 Å². The molecule has 0 aliphatic carbocycles. The third-order valence-electron chi connectivity index (χ3n) is 7.42. The van der Waals surface area contributed by atoms with E-state index >= 15 is 0 Å². The first kappa shape index (κ1) is 32.4. The summed E-state index contributed by atoms with van der Waals surface area (Å²) in [6.07, 6.45) is 7.11. The van der Waals surface area contributed by atoms with Crippen molar-refractivity contribution in [1.29, 1.82) is 0 Å². The number of likely N-dealkylation sites (N-methyl/N-ethyl adjacent to an activating group) is 1. The monoisotopic (exact) mass is 514 g/mol. The van der Waals surface area contributed by atoms with Crippen molar-refractivity contribution < 1.29 is 28.0 Å². The molecule has 0 saturated heterocycles. The Morgan fingerprint density at radius 3 is 2.05 bits per heavy atom. The van der Waals surface area contributed by atoms with Crippen LogP contribution in [-0.4, -0.2) is 86.5 Å². The van der Waals surface area contributed by atoms with E-state index in [-0.39, 0.29) is 5.97 Å². The smallest absolute Gasteiger partial charge is 0.384 e. The molecule has 6 nitrogen and oxygen atoms in total. The van der Waals surface area contributed by atoms with E-state index in [1.165, 1.54) is 6.08 Å². The molecule has 1 rings (SSSR count). The van der Waals surface area contributed by atoms with Crippen molar-refractivity contribution in [2.24, 2.45) is 0 Å². The molecule has 0 amide bonds. The number of ether oxygens (including phenoxy) is 2. The van der Waals surface area contributed by atoms with Crippen LogP contribution >= 0.6 is 0 Å². The number of carbonyl (C=O) groups excluding carboxylic acids is 2. The fourth-order valence-electron chi connectivity index (χ4n) is 4.70. The minimum absolute atomic E-state index is 0.326. The lowest BCUT2D eigenvalue weighted by atomic mass is 10.2. The molecule has 0 radical (unpaired) electrons. The van der Waals surface area contributed by atoms with E-state index in [0.29, 0.717) is 19.6 Å². The maximum absolute atomic E-state index is 12.2. The molecule has 0 N–H and O–H groups in total. The van der Waals surface area contributed by atoms with Gasteiger partial charge >= 0.3 is 11.9 Å². The van der Waals surface area contributed by atoms with Crippen LogP contribution in [0.1, 0.15) is 65.9 Å². The molecule has 1 aromatic carbocycles. The van der Waals surface area contributed by atoms with Crippen molar-refractivity contribution in [2.45, 2.75) is 60.3 Å². The zero-order chi connectivity index (χ0) is 27.4. The molecule has 0 fully saturated rings. The van der Waals surface area contributed by atoms with Crippen LogP contribution in [0.25, 0.3) is 6.08 Å². The molecular weight excluding hydrogens is 464 g/mol. The molecule has 0 aromatic heterocycles. The van der Waals surface area contributed by atoms with Gasteiger partial charge in [-0.25, -0.2) is 9.59 Å². The molecule has 0 saturated carbocycles. The van der Waals surface area contributed by atoms with Crippen LogP contribution in [0, 0.1) is 11.8 Å². The van der Waals surface area contributed by atoms with E-state index in [2.05, 4.69) is 46.5 Å². The summed E-state index contributed by atoms with van der Waals surface area (Å²) in [6, 6.07) is 9.71. The van der Waals surface area contributed by atoms with Crippen LogP contribution in [0.2, 0.25) is 0 Å². The highest BCUT2D eigenvalue weighted by atomic mass is 16.5. The average Bonchev–Trinajstić information content (AvgIpc) is 2.92. The van der Waals surface area contributed by atoms with Crippen molar-refractivity contribution in [3.63, 3.8) is 0 Å². The fraction of sp³-hybridized carbons (Fsp3) is 0.613. The standard InChI is InChI=1S/C31H50N2O4/c1-6-11-23-33(22-7-2,26-28-37-31(35)21-20-29-17-13-12-14-18-29)24-16-15-19-30(34)36-27-25-32(8-3,9-4)10-5/h12-14,17-18,20-21H,6-11,16,22-28H2,1-5H3/q+2/b21-20+. The summed E-state index contributed by atoms with van der Waals surface area (Å²) in [5.41, 5.74) is 0.968. The van der Waals surface area contributed by atoms with Crippen molar-refractivity contribution in [3.8, 4) is 11.8 Å². The summed E-state index contributed by atoms with van der Waals surface area (Å²) in [5, 5.41) is 0. The van der Waals surface area contributed by atoms with Gasteiger partial charge in [0.05, 0.1) is 45.7 Å². The number of carbonyl (C=O) groups is 2. The van der Waals surface area contributed by atoms with E-state index < -0.39 is 5.97 Å². The Kier molecular flexibility index (Phi) is 16.3. The van der Waals surface area contributed by atoms with Gasteiger partial charge in [-0.2, -0.15) is 0 Å². The van der Waals surface area contributed by atoms with Crippen LogP contribution in [-0.2, 0) is 19.1 Å². The van der Waals surface area contributed by atoms with Crippen LogP contribution in [0.3, 0.4) is 0 Å². The summed E-state index contributed by atoms with van der Waals surface area (Å²) >= 11 is 0. The highest BCUT2D eigenvalue weighted by Gasteiger charge is 2.26. The highest BCUT2D eigenvalue weighted by molar-refractivity contribution is 5.88. The summed E-state index contributed by atoms with van der Waals surface area (Å²) < 4.78 is 12.7. The number of rotatable bonds is 18. The molecule has 1 atom stereocenters. The maximum Gasteiger partial charge on any atom is 0.384 e. The van der Waals surface area contributed by atoms with E-state index in [1.54, 1.807) is 6.08 Å². The lowest BCUT2D eigenvalue weighted by molar-refractivity contribution is -0.928. The van der Waals surface area contributed by atoms with Crippen molar-refractivity contribution in [3.05, 3.63) is 42.0 Å². The van der Waals surface area contributed by atoms with Crippen LogP contribution in [0.5, 0.6) is 0 Å². The number of unbranched alkanes of at least 4 members (excludes halogenated alkanes) is 1. The summed E-state index contributed by atoms with van der Waals surface area (Å²) in [5.74, 6) is 4.95. The Labute approximate surface area is 225 Å². The molecule has 0 heterocycles. The van der Waals surface area contributed by atoms with Gasteiger partial charge in [0.25, 0.3) is 0 Å². The molecule has 0 spiro atoms. The number of hydrogen-bond acceptors (Lipinski definition) is 4. The molecule has 0 aliphatic heterocycles. The van der Waals surface area contributed by atoms with E-state index in [1.807, 2.05) is 30.3 Å². The molecule has 37 heavy (non-hydrogen) atoms. The van der Waals surface area contributed by atoms with Crippen molar-refractivity contribution in [1.82, 2.24) is 0 Å². The number of quaternary nitrogens is 2. The third-order valence-corrected chi connectivity index (χ3v) is 7.42. The predicted molar refractivity (Wildman–Crippen MR) is 151 cm³/mol. The lowest BCUT2D eigenvalue weighted by Crippen LogP contribution is -2.52. The number of benzene rings is 1. The van der Waals surface area contributed by atoms with Gasteiger partial charge in [0.2, 0.25) is 0 Å². The second kappa shape index (κ2) is 18.6. The van der Waals surface area contributed by atoms with Gasteiger partial charge in [0.1, 0.15) is 26.3 Å². The highest BCUT2D eigenvalue weighted by Crippen LogP contribution is 2.13. The summed E-state index contributed by atoms with van der Waals surface area (Å²) in [6.45, 7) is 19.2. The lowest BCUT2D eigenvalue weighted by Gasteiger charge is -2.38. The van der Waals surface area contributed by atoms with Crippen LogP contribution < -0.4 is 0 Å². The quantitative estimate of drug-likeness (QED) is 0.0901. The predicted octanol–water partition coefficient (Wildman–Crippen LogP) is 5.08. The third kappa shape index (κ3) is 13.0. The molecule has 206 valence electrons. The Hall–Kier alpha value is -2.62. The maximum atomic E-state index is 12.2. The zero-order valence-corrected chi connectivity index (χ0v) is 24.0. The molecular formula is C31H50N2O4+2. The first-order valence-corrected chi connectivity index (χ1v) is 14.1. The van der Waals surface area contributed by atoms with E-state index in [0.717, 1.165) is 86.2 Å². The Morgan fingerprint density at radius 1 is 0.784 bits per heavy atom. The van der Waals surface area contributed by atoms with E-state index in [9.17, 15) is 9.59 Å². The topological polar surface area (TPSA) is 52.6 Å². The van der Waals surface area contributed by atoms with Gasteiger partial charge in [-0.1, -0.05) is 56.5 Å². The van der Waals surface area contributed by atoms with Gasteiger partial charge in [0, 0.05) is 12.0 Å². The molecule has 1 aromatic rings. The van der Waals surface area contributed by atoms with Gasteiger partial charge in [0.15, 0.2) is 0 Å². The Bertz CT molecular complexity index is 860. The van der Waals surface area contributed by atoms with Gasteiger partial charge < -0.3 is 18.4 Å². The summed E-state index contributed by atoms with van der Waals surface area (Å²) in [7, 11) is 0. The zero-order valence-electron chi connectivity index (χ0n) is 24.0. The summed E-state index contributed by atoms with van der Waals surface area (Å²) in [4.78, 5) is 24.4. The van der Waals surface area contributed by atoms with E-state index in [4.69, 9.17) is 9.47 Å². The molecule has 0 aliphatic rings. The second-order valence-electron chi connectivity index (χ2n) is 9.70. The molecule has 6 heteroatoms. The number of esters is 2. The first-order valence-electron chi connectivity index (χ1n) is 14.1. The minimum atomic E-state index is -0.442. The second-order valence-corrected chi connectivity index (χ2v) is 9.70. The van der Waals surface area contributed by atoms with Gasteiger partial charge in [-0.05, 0) is 45.3 Å². The molecule has 1 unspecified atom stereocenters. The van der Waals surface area contributed by atoms with Gasteiger partial charge in [-0.3, -0.25) is 0 Å². The largest absolute Gasteiger partial charge is 0.457 e. The Morgan fingerprint density at radius 2 is 1.43 bits per heavy atom.